The Morgan fingerprint density at radius 3 is 2.44 bits per heavy atom. The molecule has 3 N–H and O–H groups in total. The van der Waals surface area contributed by atoms with Gasteiger partial charge in [-0.25, -0.2) is 0 Å². The van der Waals surface area contributed by atoms with Gasteiger partial charge in [-0.3, -0.25) is 0 Å². The molecule has 1 aliphatic carbocycles. The summed E-state index contributed by atoms with van der Waals surface area (Å²) >= 11 is 0. The molecule has 3 nitrogen and oxygen atoms in total. The minimum atomic E-state index is -0.946. The molecule has 0 spiro atoms. The average Bonchev–Trinajstić information content (AvgIpc) is 2.25. The van der Waals surface area contributed by atoms with Crippen LogP contribution in [0, 0.1) is 11.8 Å². The van der Waals surface area contributed by atoms with E-state index in [0.29, 0.717) is 17.9 Å². The fourth-order valence-corrected chi connectivity index (χ4v) is 2.63. The van der Waals surface area contributed by atoms with Crippen molar-refractivity contribution in [2.45, 2.75) is 58.3 Å². The van der Waals surface area contributed by atoms with Gasteiger partial charge in [-0.1, -0.05) is 32.1 Å². The average molecular weight is 254 g/mol. The van der Waals surface area contributed by atoms with E-state index >= 15 is 0 Å². The quantitative estimate of drug-likeness (QED) is 0.627. The van der Waals surface area contributed by atoms with Gasteiger partial charge < -0.3 is 15.3 Å². The maximum atomic E-state index is 10.3. The SMILES string of the molecule is C=C1C[C@@H](O)/C=C(\C)CC[C@@H](C(C)C)[C@@H](O)[C@@H]1O. The first kappa shape index (κ1) is 15.4. The molecule has 0 heterocycles. The molecule has 0 fully saturated rings. The molecule has 0 radical (unpaired) electrons. The second kappa shape index (κ2) is 6.50. The van der Waals surface area contributed by atoms with E-state index in [2.05, 4.69) is 20.4 Å². The van der Waals surface area contributed by atoms with Crippen molar-refractivity contribution in [1.82, 2.24) is 0 Å². The second-order valence-corrected chi connectivity index (χ2v) is 5.82. The standard InChI is InChI=1S/C15H26O3/c1-9(2)13-6-5-10(3)7-12(16)8-11(4)14(17)15(13)18/h7,9,12-18H,4-6,8H2,1-3H3/b10-7+/t12-,13-,14+,15+/m0/s1. The summed E-state index contributed by atoms with van der Waals surface area (Å²) in [6, 6.07) is 0. The van der Waals surface area contributed by atoms with Crippen molar-refractivity contribution in [3.63, 3.8) is 0 Å². The molecule has 3 heteroatoms. The zero-order valence-corrected chi connectivity index (χ0v) is 11.6. The van der Waals surface area contributed by atoms with Crippen LogP contribution in [0.15, 0.2) is 23.8 Å². The Hall–Kier alpha value is -0.640. The smallest absolute Gasteiger partial charge is 0.101 e. The van der Waals surface area contributed by atoms with E-state index in [1.165, 1.54) is 0 Å². The summed E-state index contributed by atoms with van der Waals surface area (Å²) in [5.41, 5.74) is 1.64. The van der Waals surface area contributed by atoms with E-state index < -0.39 is 18.3 Å². The molecule has 0 aliphatic heterocycles. The van der Waals surface area contributed by atoms with Crippen molar-refractivity contribution in [2.24, 2.45) is 11.8 Å². The van der Waals surface area contributed by atoms with Crippen LogP contribution in [0.2, 0.25) is 0 Å². The number of hydrogen-bond acceptors (Lipinski definition) is 3. The van der Waals surface area contributed by atoms with Gasteiger partial charge in [0.05, 0.1) is 12.2 Å². The molecule has 0 aromatic rings. The molecule has 0 amide bonds. The summed E-state index contributed by atoms with van der Waals surface area (Å²) in [5, 5.41) is 30.2. The lowest BCUT2D eigenvalue weighted by molar-refractivity contribution is -0.0181. The molecule has 0 aromatic carbocycles. The van der Waals surface area contributed by atoms with Crippen molar-refractivity contribution < 1.29 is 15.3 Å². The van der Waals surface area contributed by atoms with E-state index in [1.54, 1.807) is 0 Å². The van der Waals surface area contributed by atoms with Crippen LogP contribution in [0.5, 0.6) is 0 Å². The molecule has 18 heavy (non-hydrogen) atoms. The summed E-state index contributed by atoms with van der Waals surface area (Å²) in [4.78, 5) is 0. The summed E-state index contributed by atoms with van der Waals surface area (Å²) in [6.45, 7) is 9.90. The van der Waals surface area contributed by atoms with Crippen LogP contribution < -0.4 is 0 Å². The van der Waals surface area contributed by atoms with Gasteiger partial charge in [-0.2, -0.15) is 0 Å². The number of allylic oxidation sites excluding steroid dienone is 1. The number of aliphatic hydroxyl groups is 3. The van der Waals surface area contributed by atoms with Crippen LogP contribution in [-0.2, 0) is 0 Å². The van der Waals surface area contributed by atoms with Gasteiger partial charge in [-0.15, -0.1) is 0 Å². The van der Waals surface area contributed by atoms with Crippen LogP contribution in [0.1, 0.15) is 40.0 Å². The Morgan fingerprint density at radius 2 is 1.89 bits per heavy atom. The van der Waals surface area contributed by atoms with Crippen molar-refractivity contribution in [2.75, 3.05) is 0 Å². The first-order valence-electron chi connectivity index (χ1n) is 6.72. The van der Waals surface area contributed by atoms with Crippen LogP contribution in [-0.4, -0.2) is 33.6 Å². The normalized spacial score (nSPS) is 38.4. The Kier molecular flexibility index (Phi) is 5.57. The Bertz CT molecular complexity index is 320. The molecule has 1 rings (SSSR count). The molecular weight excluding hydrogens is 228 g/mol. The van der Waals surface area contributed by atoms with Crippen molar-refractivity contribution >= 4 is 0 Å². The van der Waals surface area contributed by atoms with Gasteiger partial charge in [0.1, 0.15) is 6.10 Å². The van der Waals surface area contributed by atoms with Gasteiger partial charge in [0.2, 0.25) is 0 Å². The predicted octanol–water partition coefficient (Wildman–Crippen LogP) is 2.03. The summed E-state index contributed by atoms with van der Waals surface area (Å²) in [5.74, 6) is 0.356. The van der Waals surface area contributed by atoms with Crippen molar-refractivity contribution in [1.29, 1.82) is 0 Å². The van der Waals surface area contributed by atoms with Crippen LogP contribution in [0.3, 0.4) is 0 Å². The lowest BCUT2D eigenvalue weighted by atomic mass is 9.80. The number of hydrogen-bond donors (Lipinski definition) is 3. The molecule has 0 saturated heterocycles. The maximum absolute atomic E-state index is 10.3. The topological polar surface area (TPSA) is 60.7 Å². The molecule has 104 valence electrons. The summed E-state index contributed by atoms with van der Waals surface area (Å²) in [7, 11) is 0. The predicted molar refractivity (Wildman–Crippen MR) is 73.1 cm³/mol. The van der Waals surface area contributed by atoms with E-state index in [9.17, 15) is 15.3 Å². The molecule has 0 unspecified atom stereocenters. The van der Waals surface area contributed by atoms with Crippen molar-refractivity contribution in [3.8, 4) is 0 Å². The number of rotatable bonds is 1. The number of aliphatic hydroxyl groups excluding tert-OH is 3. The highest BCUT2D eigenvalue weighted by atomic mass is 16.3. The van der Waals surface area contributed by atoms with Gasteiger partial charge in [-0.05, 0) is 37.2 Å². The van der Waals surface area contributed by atoms with E-state index in [1.807, 2.05) is 13.0 Å². The first-order valence-corrected chi connectivity index (χ1v) is 6.72. The zero-order chi connectivity index (χ0) is 13.9. The van der Waals surface area contributed by atoms with E-state index in [-0.39, 0.29) is 5.92 Å². The van der Waals surface area contributed by atoms with E-state index in [0.717, 1.165) is 18.4 Å². The zero-order valence-electron chi connectivity index (χ0n) is 11.6. The summed E-state index contributed by atoms with van der Waals surface area (Å²) < 4.78 is 0. The van der Waals surface area contributed by atoms with Crippen LogP contribution in [0.4, 0.5) is 0 Å². The highest BCUT2D eigenvalue weighted by molar-refractivity contribution is 5.13. The molecular formula is C15H26O3. The fourth-order valence-electron chi connectivity index (χ4n) is 2.63. The lowest BCUT2D eigenvalue weighted by Gasteiger charge is -2.32. The third-order valence-corrected chi connectivity index (χ3v) is 3.86. The monoisotopic (exact) mass is 254 g/mol. The minimum absolute atomic E-state index is 0.0512. The van der Waals surface area contributed by atoms with Crippen LogP contribution >= 0.6 is 0 Å². The Morgan fingerprint density at radius 1 is 1.28 bits per heavy atom. The Balaban J connectivity index is 2.95. The molecule has 0 saturated carbocycles. The molecule has 1 aliphatic rings. The highest BCUT2D eigenvalue weighted by Crippen LogP contribution is 2.29. The first-order chi connectivity index (χ1) is 8.32. The lowest BCUT2D eigenvalue weighted by Crippen LogP contribution is -2.38. The molecule has 4 atom stereocenters. The van der Waals surface area contributed by atoms with Gasteiger partial charge in [0.25, 0.3) is 0 Å². The summed E-state index contributed by atoms with van der Waals surface area (Å²) in [6.07, 6.45) is 1.44. The molecule has 0 bridgehead atoms. The maximum Gasteiger partial charge on any atom is 0.101 e. The molecule has 0 aromatic heterocycles. The van der Waals surface area contributed by atoms with Gasteiger partial charge in [0.15, 0.2) is 0 Å². The van der Waals surface area contributed by atoms with Crippen molar-refractivity contribution in [3.05, 3.63) is 23.8 Å². The highest BCUT2D eigenvalue weighted by Gasteiger charge is 2.31. The third kappa shape index (κ3) is 3.94. The van der Waals surface area contributed by atoms with Gasteiger partial charge in [0, 0.05) is 6.42 Å². The third-order valence-electron chi connectivity index (χ3n) is 3.86. The van der Waals surface area contributed by atoms with E-state index in [4.69, 9.17) is 0 Å². The largest absolute Gasteiger partial charge is 0.390 e. The fraction of sp³-hybridized carbons (Fsp3) is 0.733. The van der Waals surface area contributed by atoms with Gasteiger partial charge >= 0.3 is 0 Å². The Labute approximate surface area is 110 Å². The second-order valence-electron chi connectivity index (χ2n) is 5.82. The van der Waals surface area contributed by atoms with Crippen LogP contribution in [0.25, 0.3) is 0 Å². The minimum Gasteiger partial charge on any atom is -0.390 e.